The number of aromatic nitrogens is 1. The van der Waals surface area contributed by atoms with Crippen LogP contribution in [0.25, 0.3) is 0 Å². The first kappa shape index (κ1) is 11.6. The van der Waals surface area contributed by atoms with Gasteiger partial charge in [-0.05, 0) is 0 Å². The van der Waals surface area contributed by atoms with Crippen LogP contribution >= 0.6 is 11.3 Å². The van der Waals surface area contributed by atoms with Crippen LogP contribution in [0.1, 0.15) is 17.6 Å². The van der Waals surface area contributed by atoms with Gasteiger partial charge in [-0.1, -0.05) is 0 Å². The van der Waals surface area contributed by atoms with E-state index in [1.807, 2.05) is 0 Å². The minimum Gasteiger partial charge on any atom is -0.325 e. The lowest BCUT2D eigenvalue weighted by Crippen LogP contribution is -2.41. The summed E-state index contributed by atoms with van der Waals surface area (Å²) >= 11 is 1.41. The second-order valence-electron chi connectivity index (χ2n) is 2.84. The summed E-state index contributed by atoms with van der Waals surface area (Å²) in [7, 11) is 0. The van der Waals surface area contributed by atoms with Crippen LogP contribution in [0.2, 0.25) is 0 Å². The molecule has 0 saturated heterocycles. The Morgan fingerprint density at radius 2 is 2.27 bits per heavy atom. The van der Waals surface area contributed by atoms with Gasteiger partial charge in [-0.2, -0.15) is 0 Å². The van der Waals surface area contributed by atoms with Gasteiger partial charge in [0.1, 0.15) is 5.01 Å². The van der Waals surface area contributed by atoms with Gasteiger partial charge in [0.05, 0.1) is 12.1 Å². The van der Waals surface area contributed by atoms with E-state index in [0.717, 1.165) is 5.01 Å². The molecule has 0 aliphatic rings. The standard InChI is InChI=1S/C8H12N4O2S/c1-5(13)11-12-7(14)2-6-4-15-8(3-9)10-6/h4H,2-3,9H2,1H3,(H,11,13)(H,12,14). The first-order valence-electron chi connectivity index (χ1n) is 4.30. The zero-order chi connectivity index (χ0) is 11.3. The molecule has 0 fully saturated rings. The molecule has 1 aromatic rings. The van der Waals surface area contributed by atoms with Gasteiger partial charge in [0.25, 0.3) is 0 Å². The van der Waals surface area contributed by atoms with Crippen molar-refractivity contribution in [2.45, 2.75) is 19.9 Å². The van der Waals surface area contributed by atoms with Crippen molar-refractivity contribution in [3.05, 3.63) is 16.1 Å². The predicted molar refractivity (Wildman–Crippen MR) is 55.7 cm³/mol. The van der Waals surface area contributed by atoms with Gasteiger partial charge in [-0.15, -0.1) is 11.3 Å². The molecule has 0 spiro atoms. The number of hydrazine groups is 1. The van der Waals surface area contributed by atoms with Crippen molar-refractivity contribution in [1.29, 1.82) is 0 Å². The SMILES string of the molecule is CC(=O)NNC(=O)Cc1csc(CN)n1. The molecule has 1 heterocycles. The number of hydrogen-bond acceptors (Lipinski definition) is 5. The van der Waals surface area contributed by atoms with Crippen LogP contribution < -0.4 is 16.6 Å². The van der Waals surface area contributed by atoms with Crippen molar-refractivity contribution in [1.82, 2.24) is 15.8 Å². The normalized spacial score (nSPS) is 9.73. The van der Waals surface area contributed by atoms with Crippen molar-refractivity contribution >= 4 is 23.2 Å². The van der Waals surface area contributed by atoms with Crippen LogP contribution in [0.4, 0.5) is 0 Å². The van der Waals surface area contributed by atoms with Gasteiger partial charge in [0.15, 0.2) is 0 Å². The molecule has 82 valence electrons. The summed E-state index contributed by atoms with van der Waals surface area (Å²) in [5.41, 5.74) is 10.5. The maximum atomic E-state index is 11.2. The van der Waals surface area contributed by atoms with Crippen molar-refractivity contribution in [2.24, 2.45) is 5.73 Å². The number of nitrogens with one attached hydrogen (secondary N) is 2. The maximum Gasteiger partial charge on any atom is 0.244 e. The number of nitrogens with two attached hydrogens (primary N) is 1. The van der Waals surface area contributed by atoms with Gasteiger partial charge in [-0.3, -0.25) is 20.4 Å². The molecule has 0 radical (unpaired) electrons. The monoisotopic (exact) mass is 228 g/mol. The number of carbonyl (C=O) groups is 2. The number of nitrogens with zero attached hydrogens (tertiary/aromatic N) is 1. The molecular weight excluding hydrogens is 216 g/mol. The van der Waals surface area contributed by atoms with E-state index in [9.17, 15) is 9.59 Å². The first-order chi connectivity index (χ1) is 7.11. The van der Waals surface area contributed by atoms with Crippen molar-refractivity contribution in [2.75, 3.05) is 0 Å². The number of carbonyl (C=O) groups excluding carboxylic acids is 2. The van der Waals surface area contributed by atoms with Crippen molar-refractivity contribution in [3.8, 4) is 0 Å². The summed E-state index contributed by atoms with van der Waals surface area (Å²) in [6.07, 6.45) is 0.136. The highest BCUT2D eigenvalue weighted by atomic mass is 32.1. The highest BCUT2D eigenvalue weighted by molar-refractivity contribution is 7.09. The number of rotatable bonds is 3. The van der Waals surface area contributed by atoms with E-state index in [0.29, 0.717) is 12.2 Å². The van der Waals surface area contributed by atoms with Crippen LogP contribution in [0.3, 0.4) is 0 Å². The van der Waals surface area contributed by atoms with Crippen LogP contribution in [0.15, 0.2) is 5.38 Å². The number of hydrogen-bond donors (Lipinski definition) is 3. The summed E-state index contributed by atoms with van der Waals surface area (Å²) in [5, 5.41) is 2.56. The minimum atomic E-state index is -0.315. The molecule has 7 heteroatoms. The summed E-state index contributed by atoms with van der Waals surface area (Å²) in [6.45, 7) is 1.69. The Morgan fingerprint density at radius 3 is 2.80 bits per heavy atom. The van der Waals surface area contributed by atoms with E-state index in [1.54, 1.807) is 5.38 Å². The fourth-order valence-corrected chi connectivity index (χ4v) is 1.56. The topological polar surface area (TPSA) is 97.1 Å². The molecule has 6 nitrogen and oxygen atoms in total. The Bertz CT molecular complexity index is 363. The molecule has 2 amide bonds. The molecule has 0 atom stereocenters. The lowest BCUT2D eigenvalue weighted by molar-refractivity contribution is -0.127. The second-order valence-corrected chi connectivity index (χ2v) is 3.79. The Kier molecular flexibility index (Phi) is 4.19. The van der Waals surface area contributed by atoms with Gasteiger partial charge in [0.2, 0.25) is 11.8 Å². The van der Waals surface area contributed by atoms with E-state index in [1.165, 1.54) is 18.3 Å². The van der Waals surface area contributed by atoms with Crippen LogP contribution in [0.5, 0.6) is 0 Å². The van der Waals surface area contributed by atoms with Crippen LogP contribution in [0, 0.1) is 0 Å². The predicted octanol–water partition coefficient (Wildman–Crippen LogP) is -0.688. The first-order valence-corrected chi connectivity index (χ1v) is 5.18. The highest BCUT2D eigenvalue weighted by Crippen LogP contribution is 2.08. The third kappa shape index (κ3) is 4.05. The molecule has 0 unspecified atom stereocenters. The molecule has 0 aliphatic heterocycles. The molecule has 0 aromatic carbocycles. The molecule has 0 bridgehead atoms. The maximum absolute atomic E-state index is 11.2. The smallest absolute Gasteiger partial charge is 0.244 e. The molecule has 1 aromatic heterocycles. The zero-order valence-electron chi connectivity index (χ0n) is 8.24. The fourth-order valence-electron chi connectivity index (χ4n) is 0.890. The van der Waals surface area contributed by atoms with E-state index < -0.39 is 0 Å². The Hall–Kier alpha value is -1.47. The van der Waals surface area contributed by atoms with Crippen LogP contribution in [-0.4, -0.2) is 16.8 Å². The number of thiazole rings is 1. The van der Waals surface area contributed by atoms with E-state index in [2.05, 4.69) is 15.8 Å². The lowest BCUT2D eigenvalue weighted by Gasteiger charge is -2.02. The van der Waals surface area contributed by atoms with E-state index in [4.69, 9.17) is 5.73 Å². The van der Waals surface area contributed by atoms with Gasteiger partial charge in [0, 0.05) is 18.8 Å². The molecular formula is C8H12N4O2S. The lowest BCUT2D eigenvalue weighted by atomic mass is 10.3. The Morgan fingerprint density at radius 1 is 1.53 bits per heavy atom. The van der Waals surface area contributed by atoms with Gasteiger partial charge < -0.3 is 5.73 Å². The third-order valence-electron chi connectivity index (χ3n) is 1.49. The van der Waals surface area contributed by atoms with Crippen molar-refractivity contribution in [3.63, 3.8) is 0 Å². The van der Waals surface area contributed by atoms with Gasteiger partial charge >= 0.3 is 0 Å². The average molecular weight is 228 g/mol. The minimum absolute atomic E-state index is 0.136. The second kappa shape index (κ2) is 5.42. The third-order valence-corrected chi connectivity index (χ3v) is 2.41. The highest BCUT2D eigenvalue weighted by Gasteiger charge is 2.06. The quantitative estimate of drug-likeness (QED) is 0.597. The Balaban J connectivity index is 2.40. The summed E-state index contributed by atoms with van der Waals surface area (Å²) in [6, 6.07) is 0. The fraction of sp³-hybridized carbons (Fsp3) is 0.375. The zero-order valence-corrected chi connectivity index (χ0v) is 9.06. The summed E-state index contributed by atoms with van der Waals surface area (Å²) < 4.78 is 0. The largest absolute Gasteiger partial charge is 0.325 e. The van der Waals surface area contributed by atoms with Gasteiger partial charge in [-0.25, -0.2) is 4.98 Å². The van der Waals surface area contributed by atoms with Crippen LogP contribution in [-0.2, 0) is 22.6 Å². The van der Waals surface area contributed by atoms with E-state index in [-0.39, 0.29) is 18.2 Å². The molecule has 0 aliphatic carbocycles. The summed E-state index contributed by atoms with van der Waals surface area (Å²) in [5.74, 6) is -0.622. The molecule has 1 rings (SSSR count). The molecule has 0 saturated carbocycles. The average Bonchev–Trinajstić information content (AvgIpc) is 2.62. The molecule has 15 heavy (non-hydrogen) atoms. The van der Waals surface area contributed by atoms with E-state index >= 15 is 0 Å². The summed E-state index contributed by atoms with van der Waals surface area (Å²) in [4.78, 5) is 25.8. The van der Waals surface area contributed by atoms with Crippen molar-refractivity contribution < 1.29 is 9.59 Å². The molecule has 4 N–H and O–H groups in total. The number of amides is 2. The Labute approximate surface area is 90.8 Å².